The van der Waals surface area contributed by atoms with Crippen molar-refractivity contribution < 1.29 is 4.79 Å². The zero-order valence-electron chi connectivity index (χ0n) is 10.1. The van der Waals surface area contributed by atoms with Gasteiger partial charge in [0.25, 0.3) is 0 Å². The maximum Gasteiger partial charge on any atom is 0.148 e. The standard InChI is InChI=1S/C14H19NO/c1-14(2)10-13(16)11-15(14)9-8-12-6-4-3-5-7-12/h3-7H,8-11H2,1-2H3. The van der Waals surface area contributed by atoms with E-state index in [9.17, 15) is 4.79 Å². The summed E-state index contributed by atoms with van der Waals surface area (Å²) in [6.07, 6.45) is 1.72. The lowest BCUT2D eigenvalue weighted by atomic mass is 10.0. The summed E-state index contributed by atoms with van der Waals surface area (Å²) in [4.78, 5) is 13.7. The third-order valence-electron chi connectivity index (χ3n) is 3.37. The monoisotopic (exact) mass is 217 g/mol. The van der Waals surface area contributed by atoms with Gasteiger partial charge in [-0.3, -0.25) is 9.69 Å². The minimum atomic E-state index is 0.0475. The molecule has 1 fully saturated rings. The van der Waals surface area contributed by atoms with Crippen molar-refractivity contribution in [1.82, 2.24) is 4.90 Å². The fraction of sp³-hybridized carbons (Fsp3) is 0.500. The molecule has 2 nitrogen and oxygen atoms in total. The topological polar surface area (TPSA) is 20.3 Å². The molecule has 0 unspecified atom stereocenters. The molecule has 1 aromatic rings. The summed E-state index contributed by atoms with van der Waals surface area (Å²) in [7, 11) is 0. The predicted octanol–water partition coefficient (Wildman–Crippen LogP) is 2.28. The second-order valence-electron chi connectivity index (χ2n) is 5.19. The fourth-order valence-corrected chi connectivity index (χ4v) is 2.37. The van der Waals surface area contributed by atoms with Gasteiger partial charge in [-0.2, -0.15) is 0 Å². The number of rotatable bonds is 3. The number of benzene rings is 1. The number of carbonyl (C=O) groups is 1. The molecule has 0 aliphatic carbocycles. The molecule has 0 atom stereocenters. The Balaban J connectivity index is 1.94. The average Bonchev–Trinajstić information content (AvgIpc) is 2.50. The maximum atomic E-state index is 11.4. The molecule has 0 spiro atoms. The molecular weight excluding hydrogens is 198 g/mol. The zero-order chi connectivity index (χ0) is 11.6. The van der Waals surface area contributed by atoms with Crippen molar-refractivity contribution in [2.75, 3.05) is 13.1 Å². The molecule has 86 valence electrons. The second kappa shape index (κ2) is 4.38. The summed E-state index contributed by atoms with van der Waals surface area (Å²) in [6, 6.07) is 10.5. The van der Waals surface area contributed by atoms with Crippen LogP contribution in [0.2, 0.25) is 0 Å². The minimum Gasteiger partial charge on any atom is -0.298 e. The molecule has 0 aromatic heterocycles. The van der Waals surface area contributed by atoms with Crippen LogP contribution in [0, 0.1) is 0 Å². The van der Waals surface area contributed by atoms with Crippen LogP contribution in [0.3, 0.4) is 0 Å². The first kappa shape index (κ1) is 11.3. The van der Waals surface area contributed by atoms with Crippen molar-refractivity contribution in [1.29, 1.82) is 0 Å². The summed E-state index contributed by atoms with van der Waals surface area (Å²) < 4.78 is 0. The molecular formula is C14H19NO. The molecule has 0 saturated carbocycles. The Hall–Kier alpha value is -1.15. The van der Waals surface area contributed by atoms with E-state index in [1.807, 2.05) is 6.07 Å². The van der Waals surface area contributed by atoms with Crippen LogP contribution < -0.4 is 0 Å². The Morgan fingerprint density at radius 2 is 1.94 bits per heavy atom. The van der Waals surface area contributed by atoms with Crippen LogP contribution in [0.25, 0.3) is 0 Å². The molecule has 1 aliphatic rings. The van der Waals surface area contributed by atoms with Gasteiger partial charge >= 0.3 is 0 Å². The molecule has 2 rings (SSSR count). The van der Waals surface area contributed by atoms with Crippen molar-refractivity contribution in [3.05, 3.63) is 35.9 Å². The van der Waals surface area contributed by atoms with Gasteiger partial charge in [0, 0.05) is 18.5 Å². The largest absolute Gasteiger partial charge is 0.298 e. The van der Waals surface area contributed by atoms with Gasteiger partial charge in [-0.25, -0.2) is 0 Å². The van der Waals surface area contributed by atoms with Crippen LogP contribution in [-0.4, -0.2) is 29.3 Å². The van der Waals surface area contributed by atoms with Gasteiger partial charge in [-0.05, 0) is 25.8 Å². The average molecular weight is 217 g/mol. The van der Waals surface area contributed by atoms with Crippen LogP contribution in [0.1, 0.15) is 25.8 Å². The number of nitrogens with zero attached hydrogens (tertiary/aromatic N) is 1. The normalized spacial score (nSPS) is 20.2. The first-order valence-electron chi connectivity index (χ1n) is 5.89. The van der Waals surface area contributed by atoms with E-state index >= 15 is 0 Å². The molecule has 0 bridgehead atoms. The van der Waals surface area contributed by atoms with E-state index in [1.54, 1.807) is 0 Å². The molecule has 2 heteroatoms. The first-order valence-corrected chi connectivity index (χ1v) is 5.89. The maximum absolute atomic E-state index is 11.4. The van der Waals surface area contributed by atoms with Crippen molar-refractivity contribution in [2.45, 2.75) is 32.2 Å². The highest BCUT2D eigenvalue weighted by Crippen LogP contribution is 2.25. The molecule has 1 heterocycles. The number of hydrogen-bond donors (Lipinski definition) is 0. The molecule has 0 N–H and O–H groups in total. The van der Waals surface area contributed by atoms with E-state index in [-0.39, 0.29) is 5.54 Å². The Morgan fingerprint density at radius 1 is 1.25 bits per heavy atom. The van der Waals surface area contributed by atoms with Crippen molar-refractivity contribution >= 4 is 5.78 Å². The highest BCUT2D eigenvalue weighted by Gasteiger charge is 2.36. The van der Waals surface area contributed by atoms with Gasteiger partial charge in [0.1, 0.15) is 5.78 Å². The Bertz CT molecular complexity index is 370. The van der Waals surface area contributed by atoms with E-state index in [1.165, 1.54) is 5.56 Å². The van der Waals surface area contributed by atoms with E-state index in [2.05, 4.69) is 43.0 Å². The number of hydrogen-bond acceptors (Lipinski definition) is 2. The van der Waals surface area contributed by atoms with Crippen LogP contribution in [-0.2, 0) is 11.2 Å². The van der Waals surface area contributed by atoms with Gasteiger partial charge in [-0.1, -0.05) is 30.3 Å². The van der Waals surface area contributed by atoms with Crippen molar-refractivity contribution in [3.8, 4) is 0 Å². The molecule has 0 radical (unpaired) electrons. The third kappa shape index (κ3) is 2.50. The van der Waals surface area contributed by atoms with Gasteiger partial charge in [0.05, 0.1) is 6.54 Å². The van der Waals surface area contributed by atoms with E-state index in [0.29, 0.717) is 18.7 Å². The second-order valence-corrected chi connectivity index (χ2v) is 5.19. The van der Waals surface area contributed by atoms with Crippen LogP contribution in [0.5, 0.6) is 0 Å². The number of ketones is 1. The third-order valence-corrected chi connectivity index (χ3v) is 3.37. The Morgan fingerprint density at radius 3 is 2.50 bits per heavy atom. The smallest absolute Gasteiger partial charge is 0.148 e. The highest BCUT2D eigenvalue weighted by atomic mass is 16.1. The van der Waals surface area contributed by atoms with Crippen molar-refractivity contribution in [2.24, 2.45) is 0 Å². The lowest BCUT2D eigenvalue weighted by Gasteiger charge is -2.30. The lowest BCUT2D eigenvalue weighted by molar-refractivity contribution is -0.117. The van der Waals surface area contributed by atoms with Crippen LogP contribution >= 0.6 is 0 Å². The highest BCUT2D eigenvalue weighted by molar-refractivity contribution is 5.84. The van der Waals surface area contributed by atoms with Gasteiger partial charge < -0.3 is 0 Å². The van der Waals surface area contributed by atoms with Gasteiger partial charge in [0.15, 0.2) is 0 Å². The van der Waals surface area contributed by atoms with E-state index < -0.39 is 0 Å². The minimum absolute atomic E-state index is 0.0475. The Labute approximate surface area is 97.3 Å². The van der Waals surface area contributed by atoms with Crippen molar-refractivity contribution in [3.63, 3.8) is 0 Å². The quantitative estimate of drug-likeness (QED) is 0.774. The van der Waals surface area contributed by atoms with Gasteiger partial charge in [0.2, 0.25) is 0 Å². The van der Waals surface area contributed by atoms with Crippen LogP contribution in [0.15, 0.2) is 30.3 Å². The fourth-order valence-electron chi connectivity index (χ4n) is 2.37. The summed E-state index contributed by atoms with van der Waals surface area (Å²) >= 11 is 0. The number of carbonyl (C=O) groups excluding carboxylic acids is 1. The molecule has 0 amide bonds. The summed E-state index contributed by atoms with van der Waals surface area (Å²) in [5.41, 5.74) is 1.39. The first-order chi connectivity index (χ1) is 7.58. The summed E-state index contributed by atoms with van der Waals surface area (Å²) in [5.74, 6) is 0.373. The molecule has 1 aliphatic heterocycles. The summed E-state index contributed by atoms with van der Waals surface area (Å²) in [5, 5.41) is 0. The van der Waals surface area contributed by atoms with E-state index in [4.69, 9.17) is 0 Å². The molecule has 1 saturated heterocycles. The summed E-state index contributed by atoms with van der Waals surface area (Å²) in [6.45, 7) is 5.91. The lowest BCUT2D eigenvalue weighted by Crippen LogP contribution is -2.39. The SMILES string of the molecule is CC1(C)CC(=O)CN1CCc1ccccc1. The predicted molar refractivity (Wildman–Crippen MR) is 65.4 cm³/mol. The number of Topliss-reactive ketones (excluding diaryl/α,β-unsaturated/α-hetero) is 1. The molecule has 1 aromatic carbocycles. The molecule has 16 heavy (non-hydrogen) atoms. The van der Waals surface area contributed by atoms with Gasteiger partial charge in [-0.15, -0.1) is 0 Å². The zero-order valence-corrected chi connectivity index (χ0v) is 10.1. The Kier molecular flexibility index (Phi) is 3.10. The van der Waals surface area contributed by atoms with Crippen LogP contribution in [0.4, 0.5) is 0 Å². The number of likely N-dealkylation sites (tertiary alicyclic amines) is 1. The van der Waals surface area contributed by atoms with E-state index in [0.717, 1.165) is 13.0 Å².